The Balaban J connectivity index is 2.29. The Labute approximate surface area is 144 Å². The Morgan fingerprint density at radius 2 is 1.62 bits per heavy atom. The van der Waals surface area contributed by atoms with E-state index in [4.69, 9.17) is 0 Å². The first kappa shape index (κ1) is 17.3. The summed E-state index contributed by atoms with van der Waals surface area (Å²) in [6.45, 7) is 1.60. The second kappa shape index (κ2) is 5.77. The summed E-state index contributed by atoms with van der Waals surface area (Å²) in [5, 5.41) is -1.79. The highest BCUT2D eigenvalue weighted by Gasteiger charge is 2.50. The van der Waals surface area contributed by atoms with Gasteiger partial charge in [0, 0.05) is 25.3 Å². The van der Waals surface area contributed by atoms with Crippen molar-refractivity contribution in [3.63, 3.8) is 0 Å². The van der Waals surface area contributed by atoms with Crippen LogP contribution in [0.5, 0.6) is 0 Å². The normalized spacial score (nSPS) is 23.5. The molecule has 0 saturated carbocycles. The van der Waals surface area contributed by atoms with Gasteiger partial charge >= 0.3 is 0 Å². The Morgan fingerprint density at radius 1 is 1.00 bits per heavy atom. The van der Waals surface area contributed by atoms with Gasteiger partial charge in [-0.1, -0.05) is 24.3 Å². The second-order valence-corrected chi connectivity index (χ2v) is 10.6. The maximum absolute atomic E-state index is 13.2. The molecule has 2 atom stereocenters. The van der Waals surface area contributed by atoms with Crippen LogP contribution in [0.4, 0.5) is 5.69 Å². The maximum atomic E-state index is 13.2. The van der Waals surface area contributed by atoms with Crippen molar-refractivity contribution in [3.8, 4) is 0 Å². The molecule has 2 aromatic rings. The summed E-state index contributed by atoms with van der Waals surface area (Å²) in [7, 11) is -3.31. The Kier molecular flexibility index (Phi) is 4.16. The Hall–Kier alpha value is -1.54. The van der Waals surface area contributed by atoms with E-state index in [2.05, 4.69) is 0 Å². The maximum Gasteiger partial charge on any atom is 0.187 e. The fraction of sp³-hybridized carbons (Fsp3) is 0.294. The summed E-state index contributed by atoms with van der Waals surface area (Å²) in [6.07, 6.45) is 0. The third-order valence-corrected chi connectivity index (χ3v) is 9.21. The van der Waals surface area contributed by atoms with Crippen molar-refractivity contribution >= 4 is 26.1 Å². The van der Waals surface area contributed by atoms with Crippen molar-refractivity contribution in [2.24, 2.45) is 0 Å². The van der Waals surface area contributed by atoms with Gasteiger partial charge < -0.3 is 4.90 Å². The smallest absolute Gasteiger partial charge is 0.187 e. The molecule has 0 fully saturated rings. The van der Waals surface area contributed by atoms with Gasteiger partial charge in [0.05, 0.1) is 15.0 Å². The molecule has 0 radical (unpaired) electrons. The van der Waals surface area contributed by atoms with Crippen LogP contribution in [0.3, 0.4) is 0 Å². The Bertz CT molecular complexity index is 863. The monoisotopic (exact) mass is 367 g/mol. The van der Waals surface area contributed by atoms with Crippen molar-refractivity contribution in [2.45, 2.75) is 27.2 Å². The van der Waals surface area contributed by atoms with Crippen LogP contribution in [-0.2, 0) is 9.84 Å². The van der Waals surface area contributed by atoms with E-state index in [9.17, 15) is 17.5 Å². The lowest BCUT2D eigenvalue weighted by molar-refractivity contribution is 0.477. The van der Waals surface area contributed by atoms with Crippen molar-refractivity contribution in [1.29, 1.82) is 0 Å². The lowest BCUT2D eigenvalue weighted by Crippen LogP contribution is -2.24. The van der Waals surface area contributed by atoms with Gasteiger partial charge in [-0.25, -0.2) is 8.42 Å². The van der Waals surface area contributed by atoms with Crippen LogP contribution in [0, 0.1) is 0 Å². The summed E-state index contributed by atoms with van der Waals surface area (Å²) in [6, 6.07) is 13.3. The fourth-order valence-electron chi connectivity index (χ4n) is 3.24. The largest absolute Gasteiger partial charge is 0.377 e. The van der Waals surface area contributed by atoms with Gasteiger partial charge in [-0.2, -0.15) is 10.6 Å². The minimum absolute atomic E-state index is 0.193. The van der Waals surface area contributed by atoms with E-state index in [1.807, 2.05) is 14.1 Å². The van der Waals surface area contributed by atoms with Gasteiger partial charge in [-0.15, -0.1) is 0 Å². The minimum Gasteiger partial charge on any atom is -0.377 e. The molecule has 130 valence electrons. The highest BCUT2D eigenvalue weighted by Crippen LogP contribution is 2.67. The van der Waals surface area contributed by atoms with E-state index in [1.165, 1.54) is 0 Å². The van der Waals surface area contributed by atoms with E-state index >= 15 is 0 Å². The molecule has 0 amide bonds. The van der Waals surface area contributed by atoms with Crippen molar-refractivity contribution in [1.82, 2.24) is 0 Å². The third-order valence-electron chi connectivity index (χ3n) is 4.48. The quantitative estimate of drug-likeness (QED) is 0.863. The predicted octanol–water partition coefficient (Wildman–Crippen LogP) is 3.78. The van der Waals surface area contributed by atoms with Crippen LogP contribution in [0.15, 0.2) is 58.3 Å². The molecule has 1 heterocycles. The van der Waals surface area contributed by atoms with Crippen molar-refractivity contribution in [3.05, 3.63) is 54.1 Å². The van der Waals surface area contributed by atoms with E-state index in [0.29, 0.717) is 16.1 Å². The molecule has 2 unspecified atom stereocenters. The molecule has 2 N–H and O–H groups in total. The molecule has 1 aliphatic heterocycles. The molecule has 0 spiro atoms. The Morgan fingerprint density at radius 3 is 2.21 bits per heavy atom. The number of sulfone groups is 1. The lowest BCUT2D eigenvalue weighted by Gasteiger charge is -2.34. The molecule has 0 aromatic heterocycles. The first-order valence-corrected chi connectivity index (χ1v) is 10.7. The van der Waals surface area contributed by atoms with Crippen LogP contribution in [-0.4, -0.2) is 36.9 Å². The first-order valence-electron chi connectivity index (χ1n) is 7.55. The summed E-state index contributed by atoms with van der Waals surface area (Å²) < 4.78 is 47.8. The number of fused-ring (bicyclic) bond motifs is 1. The zero-order valence-corrected chi connectivity index (χ0v) is 15.4. The summed E-state index contributed by atoms with van der Waals surface area (Å²) >= 11 is 0. The molecule has 0 aliphatic carbocycles. The van der Waals surface area contributed by atoms with E-state index < -0.39 is 30.9 Å². The highest BCUT2D eigenvalue weighted by atomic mass is 32.3. The van der Waals surface area contributed by atoms with Crippen LogP contribution >= 0.6 is 10.6 Å². The molecule has 7 heteroatoms. The highest BCUT2D eigenvalue weighted by molar-refractivity contribution is 8.25. The lowest BCUT2D eigenvalue weighted by atomic mass is 10.1. The van der Waals surface area contributed by atoms with Gasteiger partial charge in [0.15, 0.2) is 9.84 Å². The van der Waals surface area contributed by atoms with Gasteiger partial charge in [-0.3, -0.25) is 9.11 Å². The van der Waals surface area contributed by atoms with Gasteiger partial charge in [0.1, 0.15) is 5.25 Å². The molecule has 3 rings (SSSR count). The third kappa shape index (κ3) is 2.43. The summed E-state index contributed by atoms with van der Waals surface area (Å²) in [5.74, 6) is 0. The van der Waals surface area contributed by atoms with Crippen molar-refractivity contribution < 1.29 is 17.5 Å². The van der Waals surface area contributed by atoms with Crippen molar-refractivity contribution in [2.75, 3.05) is 19.0 Å². The number of nitrogens with zero attached hydrogens (tertiary/aromatic N) is 1. The zero-order valence-electron chi connectivity index (χ0n) is 13.7. The molecule has 24 heavy (non-hydrogen) atoms. The second-order valence-electron chi connectivity index (χ2n) is 6.16. The van der Waals surface area contributed by atoms with Gasteiger partial charge in [0.25, 0.3) is 0 Å². The minimum atomic E-state index is -3.75. The molecule has 0 saturated heterocycles. The summed E-state index contributed by atoms with van der Waals surface area (Å²) in [4.78, 5) is 2.34. The molecule has 1 aliphatic rings. The molecule has 2 aromatic carbocycles. The van der Waals surface area contributed by atoms with Crippen LogP contribution in [0.25, 0.3) is 0 Å². The van der Waals surface area contributed by atoms with E-state index in [0.717, 1.165) is 0 Å². The SMILES string of the molecule is CC1C(S(=O)(=O)c2ccccc2)c2c(N(C)C)cccc2S1(O)O. The summed E-state index contributed by atoms with van der Waals surface area (Å²) in [5.41, 5.74) is 1.19. The van der Waals surface area contributed by atoms with Gasteiger partial charge in [-0.05, 0) is 31.2 Å². The predicted molar refractivity (Wildman–Crippen MR) is 97.7 cm³/mol. The number of rotatable bonds is 3. The molecule has 0 bridgehead atoms. The number of hydrogen-bond donors (Lipinski definition) is 2. The van der Waals surface area contributed by atoms with Crippen LogP contribution in [0.1, 0.15) is 17.7 Å². The average molecular weight is 367 g/mol. The number of benzene rings is 2. The number of hydrogen-bond acceptors (Lipinski definition) is 5. The number of anilines is 1. The fourth-order valence-corrected chi connectivity index (χ4v) is 7.83. The molecular weight excluding hydrogens is 346 g/mol. The topological polar surface area (TPSA) is 77.8 Å². The first-order chi connectivity index (χ1) is 11.2. The molecular formula is C17H21NO4S2. The van der Waals surface area contributed by atoms with E-state index in [-0.39, 0.29) is 4.90 Å². The standard InChI is InChI=1S/C17H21NO4S2/c1-12-17(24(21,22)13-8-5-4-6-9-13)16-14(18(2)3)10-7-11-15(16)23(12,19)20/h4-12,17,19-20H,1-3H3. The molecule has 5 nitrogen and oxygen atoms in total. The van der Waals surface area contributed by atoms with E-state index in [1.54, 1.807) is 60.4 Å². The van der Waals surface area contributed by atoms with Crippen LogP contribution in [0.2, 0.25) is 0 Å². The average Bonchev–Trinajstić information content (AvgIpc) is 2.75. The van der Waals surface area contributed by atoms with Gasteiger partial charge in [0.2, 0.25) is 0 Å². The zero-order chi connectivity index (χ0) is 17.7. The van der Waals surface area contributed by atoms with Crippen LogP contribution < -0.4 is 4.90 Å².